The fourth-order valence-electron chi connectivity index (χ4n) is 2.32. The molecule has 1 saturated heterocycles. The van der Waals surface area contributed by atoms with E-state index in [1.807, 2.05) is 6.92 Å². The second kappa shape index (κ2) is 5.78. The maximum Gasteiger partial charge on any atom is 0.257 e. The largest absolute Gasteiger partial charge is 0.370 e. The van der Waals surface area contributed by atoms with Crippen LogP contribution in [0.3, 0.4) is 0 Å². The Morgan fingerprint density at radius 3 is 2.90 bits per heavy atom. The fraction of sp³-hybridized carbons (Fsp3) is 0.538. The van der Waals surface area contributed by atoms with Gasteiger partial charge in [0.1, 0.15) is 5.82 Å². The maximum absolute atomic E-state index is 12.5. The van der Waals surface area contributed by atoms with E-state index in [0.717, 1.165) is 0 Å². The molecule has 1 unspecified atom stereocenters. The number of hydrogen-bond acceptors (Lipinski definition) is 5. The molecule has 0 saturated carbocycles. The molecule has 1 aliphatic rings. The van der Waals surface area contributed by atoms with Gasteiger partial charge in [-0.15, -0.1) is 0 Å². The summed E-state index contributed by atoms with van der Waals surface area (Å²) in [5, 5.41) is 3.04. The third kappa shape index (κ3) is 3.09. The first-order chi connectivity index (χ1) is 9.44. The third-order valence-corrected chi connectivity index (χ3v) is 5.21. The van der Waals surface area contributed by atoms with Crippen LogP contribution in [0.15, 0.2) is 18.3 Å². The van der Waals surface area contributed by atoms with E-state index in [0.29, 0.717) is 24.3 Å². The minimum absolute atomic E-state index is 0.0477. The van der Waals surface area contributed by atoms with E-state index in [4.69, 9.17) is 0 Å². The van der Waals surface area contributed by atoms with E-state index >= 15 is 0 Å². The van der Waals surface area contributed by atoms with Crippen molar-refractivity contribution < 1.29 is 13.2 Å². The van der Waals surface area contributed by atoms with E-state index in [1.54, 1.807) is 25.4 Å². The van der Waals surface area contributed by atoms with Crippen molar-refractivity contribution in [2.45, 2.75) is 19.4 Å². The zero-order valence-corrected chi connectivity index (χ0v) is 12.5. The average Bonchev–Trinajstić information content (AvgIpc) is 2.78. The zero-order valence-electron chi connectivity index (χ0n) is 11.7. The predicted molar refractivity (Wildman–Crippen MR) is 77.6 cm³/mol. The van der Waals surface area contributed by atoms with Crippen molar-refractivity contribution in [2.24, 2.45) is 0 Å². The summed E-state index contributed by atoms with van der Waals surface area (Å²) in [7, 11) is -1.35. The van der Waals surface area contributed by atoms with Gasteiger partial charge in [-0.2, -0.15) is 0 Å². The van der Waals surface area contributed by atoms with Crippen LogP contribution in [0, 0.1) is 0 Å². The topological polar surface area (TPSA) is 79.4 Å². The molecule has 2 rings (SSSR count). The predicted octanol–water partition coefficient (Wildman–Crippen LogP) is 0.772. The van der Waals surface area contributed by atoms with Gasteiger partial charge in [-0.25, -0.2) is 13.4 Å². The molecule has 1 aromatic heterocycles. The summed E-state index contributed by atoms with van der Waals surface area (Å²) in [5.74, 6) is 0.540. The average molecular weight is 297 g/mol. The number of nitrogens with zero attached hydrogens (tertiary/aromatic N) is 2. The molecule has 1 atom stereocenters. The van der Waals surface area contributed by atoms with Crippen molar-refractivity contribution in [1.82, 2.24) is 9.88 Å². The van der Waals surface area contributed by atoms with Gasteiger partial charge in [0, 0.05) is 25.8 Å². The van der Waals surface area contributed by atoms with Crippen LogP contribution in [-0.4, -0.2) is 55.3 Å². The highest BCUT2D eigenvalue weighted by Gasteiger charge is 2.33. The van der Waals surface area contributed by atoms with Crippen LogP contribution in [0.25, 0.3) is 0 Å². The number of rotatable bonds is 4. The molecule has 6 nitrogen and oxygen atoms in total. The Hall–Kier alpha value is -1.63. The molecule has 1 amide bonds. The van der Waals surface area contributed by atoms with Gasteiger partial charge >= 0.3 is 0 Å². The molecule has 0 aromatic carbocycles. The summed E-state index contributed by atoms with van der Waals surface area (Å²) in [6.45, 7) is 2.59. The van der Waals surface area contributed by atoms with Crippen LogP contribution in [-0.2, 0) is 9.84 Å². The molecule has 1 aliphatic heterocycles. The van der Waals surface area contributed by atoms with Gasteiger partial charge in [-0.1, -0.05) is 0 Å². The Balaban J connectivity index is 2.19. The number of pyridine rings is 1. The van der Waals surface area contributed by atoms with Gasteiger partial charge in [0.05, 0.1) is 17.1 Å². The Morgan fingerprint density at radius 2 is 2.30 bits per heavy atom. The number of anilines is 1. The fourth-order valence-corrected chi connectivity index (χ4v) is 4.10. The maximum atomic E-state index is 12.5. The van der Waals surface area contributed by atoms with Gasteiger partial charge < -0.3 is 10.2 Å². The smallest absolute Gasteiger partial charge is 0.257 e. The first-order valence-corrected chi connectivity index (χ1v) is 8.43. The summed E-state index contributed by atoms with van der Waals surface area (Å²) in [6, 6.07) is 3.16. The van der Waals surface area contributed by atoms with Crippen LogP contribution in [0.2, 0.25) is 0 Å². The summed E-state index contributed by atoms with van der Waals surface area (Å²) >= 11 is 0. The van der Waals surface area contributed by atoms with Gasteiger partial charge in [0.25, 0.3) is 5.91 Å². The van der Waals surface area contributed by atoms with Crippen LogP contribution in [0.5, 0.6) is 0 Å². The van der Waals surface area contributed by atoms with Crippen molar-refractivity contribution >= 4 is 21.6 Å². The Kier molecular flexibility index (Phi) is 4.27. The van der Waals surface area contributed by atoms with Gasteiger partial charge in [0.2, 0.25) is 0 Å². The lowest BCUT2D eigenvalue weighted by molar-refractivity contribution is 0.0748. The van der Waals surface area contributed by atoms with E-state index in [2.05, 4.69) is 10.3 Å². The monoisotopic (exact) mass is 297 g/mol. The van der Waals surface area contributed by atoms with Gasteiger partial charge in [-0.3, -0.25) is 4.79 Å². The van der Waals surface area contributed by atoms with E-state index in [1.165, 1.54) is 4.90 Å². The molecule has 0 bridgehead atoms. The van der Waals surface area contributed by atoms with Gasteiger partial charge in [-0.05, 0) is 25.5 Å². The van der Waals surface area contributed by atoms with Crippen molar-refractivity contribution in [3.63, 3.8) is 0 Å². The zero-order chi connectivity index (χ0) is 14.8. The molecule has 0 spiro atoms. The minimum Gasteiger partial charge on any atom is -0.370 e. The van der Waals surface area contributed by atoms with Crippen molar-refractivity contribution in [3.05, 3.63) is 23.9 Å². The Labute approximate surface area is 119 Å². The van der Waals surface area contributed by atoms with Crippen LogP contribution in [0.1, 0.15) is 23.7 Å². The first-order valence-electron chi connectivity index (χ1n) is 6.61. The molecule has 110 valence electrons. The summed E-state index contributed by atoms with van der Waals surface area (Å²) in [6.07, 6.45) is 2.12. The number of hydrogen-bond donors (Lipinski definition) is 1. The third-order valence-electron chi connectivity index (χ3n) is 3.46. The molecular weight excluding hydrogens is 278 g/mol. The lowest BCUT2D eigenvalue weighted by Gasteiger charge is -2.24. The normalized spacial score (nSPS) is 20.6. The van der Waals surface area contributed by atoms with E-state index in [9.17, 15) is 13.2 Å². The minimum atomic E-state index is -3.00. The molecule has 1 fully saturated rings. The molecule has 0 aliphatic carbocycles. The van der Waals surface area contributed by atoms with Crippen LogP contribution in [0.4, 0.5) is 5.82 Å². The highest BCUT2D eigenvalue weighted by Crippen LogP contribution is 2.20. The number of amides is 1. The quantitative estimate of drug-likeness (QED) is 0.888. The number of aromatic nitrogens is 1. The second-order valence-electron chi connectivity index (χ2n) is 4.90. The highest BCUT2D eigenvalue weighted by atomic mass is 32.2. The molecule has 1 N–H and O–H groups in total. The van der Waals surface area contributed by atoms with Crippen molar-refractivity contribution in [3.8, 4) is 0 Å². The molecule has 20 heavy (non-hydrogen) atoms. The molecule has 1 aromatic rings. The summed E-state index contributed by atoms with van der Waals surface area (Å²) < 4.78 is 23.0. The SMILES string of the molecule is CCNc1ncccc1C(=O)N(C)C1CCS(=O)(=O)C1. The molecule has 2 heterocycles. The first kappa shape index (κ1) is 14.8. The van der Waals surface area contributed by atoms with Crippen molar-refractivity contribution in [1.29, 1.82) is 0 Å². The van der Waals surface area contributed by atoms with E-state index in [-0.39, 0.29) is 23.5 Å². The lowest BCUT2D eigenvalue weighted by Crippen LogP contribution is -2.38. The van der Waals surface area contributed by atoms with Crippen LogP contribution >= 0.6 is 0 Å². The number of carbonyl (C=O) groups excluding carboxylic acids is 1. The number of nitrogens with one attached hydrogen (secondary N) is 1. The standard InChI is InChI=1S/C13H19N3O3S/c1-3-14-12-11(5-4-7-15-12)13(17)16(2)10-6-8-20(18,19)9-10/h4-5,7,10H,3,6,8-9H2,1-2H3,(H,14,15). The summed E-state index contributed by atoms with van der Waals surface area (Å²) in [4.78, 5) is 18.2. The molecule has 0 radical (unpaired) electrons. The molecular formula is C13H19N3O3S. The second-order valence-corrected chi connectivity index (χ2v) is 7.13. The van der Waals surface area contributed by atoms with Gasteiger partial charge in [0.15, 0.2) is 9.84 Å². The summed E-state index contributed by atoms with van der Waals surface area (Å²) in [5.41, 5.74) is 0.473. The Bertz CT molecular complexity index is 601. The molecule has 7 heteroatoms. The highest BCUT2D eigenvalue weighted by molar-refractivity contribution is 7.91. The lowest BCUT2D eigenvalue weighted by atomic mass is 10.1. The number of sulfone groups is 1. The Morgan fingerprint density at radius 1 is 1.55 bits per heavy atom. The van der Waals surface area contributed by atoms with Crippen molar-refractivity contribution in [2.75, 3.05) is 30.4 Å². The van der Waals surface area contributed by atoms with E-state index < -0.39 is 9.84 Å². The number of carbonyl (C=O) groups is 1. The van der Waals surface area contributed by atoms with Crippen LogP contribution < -0.4 is 5.32 Å².